The Hall–Kier alpha value is -0.750. The van der Waals surface area contributed by atoms with Crippen LogP contribution in [0.1, 0.15) is 13.3 Å². The fraction of sp³-hybridized carbons (Fsp3) is 0.750. The van der Waals surface area contributed by atoms with Gasteiger partial charge in [0.2, 0.25) is 0 Å². The third-order valence-electron chi connectivity index (χ3n) is 1.81. The van der Waals surface area contributed by atoms with Gasteiger partial charge in [0.1, 0.15) is 6.04 Å². The lowest BCUT2D eigenvalue weighted by atomic mass is 10.3. The molecule has 0 aromatic carbocycles. The Bertz CT molecular complexity index is 233. The minimum atomic E-state index is -0.871. The van der Waals surface area contributed by atoms with Crippen molar-refractivity contribution in [3.8, 4) is 0 Å². The van der Waals surface area contributed by atoms with Crippen molar-refractivity contribution in [3.63, 3.8) is 0 Å². The third kappa shape index (κ3) is 3.19. The number of ether oxygens (including phenoxy) is 1. The van der Waals surface area contributed by atoms with Crippen molar-refractivity contribution in [2.24, 2.45) is 0 Å². The van der Waals surface area contributed by atoms with E-state index in [0.717, 1.165) is 0 Å². The van der Waals surface area contributed by atoms with E-state index in [1.165, 1.54) is 11.8 Å². The molecule has 80 valence electrons. The van der Waals surface area contributed by atoms with Crippen molar-refractivity contribution in [2.75, 3.05) is 12.4 Å². The Morgan fingerprint density at radius 3 is 2.86 bits per heavy atom. The van der Waals surface area contributed by atoms with E-state index in [2.05, 4.69) is 5.32 Å². The zero-order valence-electron chi connectivity index (χ0n) is 7.86. The van der Waals surface area contributed by atoms with Gasteiger partial charge in [0.15, 0.2) is 0 Å². The Balaban J connectivity index is 2.28. The van der Waals surface area contributed by atoms with Crippen molar-refractivity contribution in [1.82, 2.24) is 5.32 Å². The van der Waals surface area contributed by atoms with Gasteiger partial charge in [-0.25, -0.2) is 0 Å². The molecule has 0 bridgehead atoms. The van der Waals surface area contributed by atoms with E-state index in [0.29, 0.717) is 12.4 Å². The molecule has 0 amide bonds. The van der Waals surface area contributed by atoms with Crippen LogP contribution < -0.4 is 5.32 Å². The maximum Gasteiger partial charge on any atom is 0.321 e. The number of rotatable bonds is 4. The number of hydrogen-bond acceptors (Lipinski definition) is 5. The van der Waals surface area contributed by atoms with Gasteiger partial charge in [0, 0.05) is 5.75 Å². The second-order valence-electron chi connectivity index (χ2n) is 2.89. The van der Waals surface area contributed by atoms with E-state index in [9.17, 15) is 9.59 Å². The highest BCUT2D eigenvalue weighted by Gasteiger charge is 2.30. The average Bonchev–Trinajstić information content (AvgIpc) is 2.53. The molecular formula is C8H13NO4S. The van der Waals surface area contributed by atoms with Crippen LogP contribution in [0.25, 0.3) is 0 Å². The molecule has 1 aliphatic heterocycles. The molecular weight excluding hydrogens is 206 g/mol. The lowest BCUT2D eigenvalue weighted by Crippen LogP contribution is -2.37. The predicted octanol–water partition coefficient (Wildman–Crippen LogP) is 0.0553. The van der Waals surface area contributed by atoms with Gasteiger partial charge in [-0.3, -0.25) is 14.9 Å². The highest BCUT2D eigenvalue weighted by atomic mass is 32.2. The first-order valence-corrected chi connectivity index (χ1v) is 5.44. The number of carbonyl (C=O) groups is 2. The standard InChI is InChI=1S/C8H13NO4S/c1-2-13-7(10)3-6-9-5(4-14-6)8(11)12/h5-6,9H,2-4H2,1H3,(H,11,12)/t5-,6?/m0/s1. The van der Waals surface area contributed by atoms with Gasteiger partial charge >= 0.3 is 11.9 Å². The van der Waals surface area contributed by atoms with Crippen LogP contribution in [0, 0.1) is 0 Å². The quantitative estimate of drug-likeness (QED) is 0.651. The highest BCUT2D eigenvalue weighted by Crippen LogP contribution is 2.21. The van der Waals surface area contributed by atoms with Crippen LogP contribution in [-0.2, 0) is 14.3 Å². The van der Waals surface area contributed by atoms with Gasteiger partial charge in [0.25, 0.3) is 0 Å². The number of hydrogen-bond donors (Lipinski definition) is 2. The van der Waals surface area contributed by atoms with Crippen molar-refractivity contribution in [2.45, 2.75) is 24.8 Å². The van der Waals surface area contributed by atoms with Crippen LogP contribution in [-0.4, -0.2) is 40.8 Å². The lowest BCUT2D eigenvalue weighted by Gasteiger charge is -2.09. The van der Waals surface area contributed by atoms with Crippen molar-refractivity contribution in [1.29, 1.82) is 0 Å². The highest BCUT2D eigenvalue weighted by molar-refractivity contribution is 8.00. The van der Waals surface area contributed by atoms with Crippen LogP contribution in [0.2, 0.25) is 0 Å². The Morgan fingerprint density at radius 2 is 2.36 bits per heavy atom. The van der Waals surface area contributed by atoms with E-state index >= 15 is 0 Å². The summed E-state index contributed by atoms with van der Waals surface area (Å²) in [5.74, 6) is -0.660. The maximum absolute atomic E-state index is 11.1. The summed E-state index contributed by atoms with van der Waals surface area (Å²) in [6.45, 7) is 2.10. The molecule has 0 aliphatic carbocycles. The molecule has 0 aromatic heterocycles. The van der Waals surface area contributed by atoms with Gasteiger partial charge in [-0.15, -0.1) is 11.8 Å². The zero-order chi connectivity index (χ0) is 10.6. The fourth-order valence-electron chi connectivity index (χ4n) is 1.16. The van der Waals surface area contributed by atoms with Crippen LogP contribution in [0.15, 0.2) is 0 Å². The van der Waals surface area contributed by atoms with E-state index in [4.69, 9.17) is 9.84 Å². The van der Waals surface area contributed by atoms with Gasteiger partial charge < -0.3 is 9.84 Å². The molecule has 1 rings (SSSR count). The molecule has 0 saturated carbocycles. The molecule has 1 aliphatic rings. The topological polar surface area (TPSA) is 75.6 Å². The molecule has 0 spiro atoms. The minimum absolute atomic E-state index is 0.129. The summed E-state index contributed by atoms with van der Waals surface area (Å²) in [7, 11) is 0. The fourth-order valence-corrected chi connectivity index (χ4v) is 2.34. The van der Waals surface area contributed by atoms with Gasteiger partial charge in [-0.05, 0) is 6.92 Å². The van der Waals surface area contributed by atoms with Crippen molar-refractivity contribution >= 4 is 23.7 Å². The predicted molar refractivity (Wildman–Crippen MR) is 52.1 cm³/mol. The summed E-state index contributed by atoms with van der Waals surface area (Å²) in [5.41, 5.74) is 0. The van der Waals surface area contributed by atoms with E-state index in [1.807, 2.05) is 0 Å². The summed E-state index contributed by atoms with van der Waals surface area (Å²) < 4.78 is 4.76. The first-order chi connectivity index (χ1) is 6.63. The monoisotopic (exact) mass is 219 g/mol. The molecule has 6 heteroatoms. The Kier molecular flexibility index (Phi) is 4.21. The number of carboxylic acids is 1. The average molecular weight is 219 g/mol. The molecule has 1 heterocycles. The van der Waals surface area contributed by atoms with E-state index in [1.54, 1.807) is 6.92 Å². The molecule has 0 aromatic rings. The van der Waals surface area contributed by atoms with Gasteiger partial charge in [0.05, 0.1) is 18.4 Å². The molecule has 1 fully saturated rings. The maximum atomic E-state index is 11.1. The zero-order valence-corrected chi connectivity index (χ0v) is 8.67. The third-order valence-corrected chi connectivity index (χ3v) is 3.04. The summed E-state index contributed by atoms with van der Waals surface area (Å²) in [4.78, 5) is 21.6. The van der Waals surface area contributed by atoms with Crippen LogP contribution in [0.5, 0.6) is 0 Å². The number of carbonyl (C=O) groups excluding carboxylic acids is 1. The second-order valence-corrected chi connectivity index (χ2v) is 4.12. The SMILES string of the molecule is CCOC(=O)CC1N[C@H](C(=O)O)CS1. The first-order valence-electron chi connectivity index (χ1n) is 4.39. The number of carboxylic acid groups (broad SMARTS) is 1. The molecule has 2 N–H and O–H groups in total. The van der Waals surface area contributed by atoms with Crippen molar-refractivity contribution in [3.05, 3.63) is 0 Å². The molecule has 14 heavy (non-hydrogen) atoms. The molecule has 1 saturated heterocycles. The minimum Gasteiger partial charge on any atom is -0.480 e. The smallest absolute Gasteiger partial charge is 0.321 e. The van der Waals surface area contributed by atoms with E-state index in [-0.39, 0.29) is 17.8 Å². The number of nitrogens with one attached hydrogen (secondary N) is 1. The Labute approximate surface area is 86.2 Å². The summed E-state index contributed by atoms with van der Waals surface area (Å²) >= 11 is 1.44. The Morgan fingerprint density at radius 1 is 1.64 bits per heavy atom. The normalized spacial score (nSPS) is 26.1. The van der Waals surface area contributed by atoms with Crippen LogP contribution >= 0.6 is 11.8 Å². The molecule has 1 unspecified atom stereocenters. The second kappa shape index (κ2) is 5.21. The van der Waals surface area contributed by atoms with E-state index < -0.39 is 12.0 Å². The summed E-state index contributed by atoms with van der Waals surface area (Å²) in [6, 6.07) is -0.542. The summed E-state index contributed by atoms with van der Waals surface area (Å²) in [5, 5.41) is 11.4. The molecule has 2 atom stereocenters. The van der Waals surface area contributed by atoms with Crippen molar-refractivity contribution < 1.29 is 19.4 Å². The largest absolute Gasteiger partial charge is 0.480 e. The number of aliphatic carboxylic acids is 1. The number of esters is 1. The first kappa shape index (κ1) is 11.3. The van der Waals surface area contributed by atoms with Crippen LogP contribution in [0.4, 0.5) is 0 Å². The van der Waals surface area contributed by atoms with Crippen LogP contribution in [0.3, 0.4) is 0 Å². The lowest BCUT2D eigenvalue weighted by molar-refractivity contribution is -0.144. The molecule has 5 nitrogen and oxygen atoms in total. The summed E-state index contributed by atoms with van der Waals surface area (Å²) in [6.07, 6.45) is 0.224. The van der Waals surface area contributed by atoms with Gasteiger partial charge in [-0.2, -0.15) is 0 Å². The van der Waals surface area contributed by atoms with Gasteiger partial charge in [-0.1, -0.05) is 0 Å². The number of thioether (sulfide) groups is 1. The molecule has 0 radical (unpaired) electrons.